The van der Waals surface area contributed by atoms with E-state index in [1.165, 1.54) is 121 Å². The van der Waals surface area contributed by atoms with Crippen molar-refractivity contribution < 1.29 is 0 Å². The molecule has 15 rings (SSSR count). The first kappa shape index (κ1) is 35.8. The van der Waals surface area contributed by atoms with Gasteiger partial charge in [0.2, 0.25) is 0 Å². The molecular weight excluding hydrogens is 801 g/mol. The molecule has 4 aromatic heterocycles. The van der Waals surface area contributed by atoms with Crippen molar-refractivity contribution >= 4 is 87.2 Å². The SMILES string of the molecule is c1ccc(-n2c3ccc(-n4c5ccccc5c5ccccc54)cc3c3cc4c(cc32)-c2cc3c(cc2CC4)c2cc(-n4c5ccccc5c5ccccc54)ccc2n3-c2ccccc2)cc1. The number of benzene rings is 10. The predicted molar refractivity (Wildman–Crippen MR) is 277 cm³/mol. The highest BCUT2D eigenvalue weighted by Crippen LogP contribution is 2.45. The maximum atomic E-state index is 2.51. The molecule has 0 amide bonds. The Morgan fingerprint density at radius 1 is 0.212 bits per heavy atom. The Hall–Kier alpha value is -8.60. The molecule has 10 aromatic carbocycles. The van der Waals surface area contributed by atoms with Crippen LogP contribution in [0, 0.1) is 0 Å². The monoisotopic (exact) mass is 840 g/mol. The first-order valence-electron chi connectivity index (χ1n) is 23.1. The van der Waals surface area contributed by atoms with E-state index in [1.807, 2.05) is 0 Å². The summed E-state index contributed by atoms with van der Waals surface area (Å²) in [6.45, 7) is 0. The predicted octanol–water partition coefficient (Wildman–Crippen LogP) is 15.8. The Labute approximate surface area is 380 Å². The quantitative estimate of drug-likeness (QED) is 0.168. The highest BCUT2D eigenvalue weighted by molar-refractivity contribution is 6.16. The van der Waals surface area contributed by atoms with Gasteiger partial charge in [0, 0.05) is 65.8 Å². The summed E-state index contributed by atoms with van der Waals surface area (Å²) in [5.41, 5.74) is 19.9. The van der Waals surface area contributed by atoms with E-state index in [0.717, 1.165) is 24.2 Å². The van der Waals surface area contributed by atoms with Crippen molar-refractivity contribution in [2.75, 3.05) is 0 Å². The Bertz CT molecular complexity index is 3940. The number of para-hydroxylation sites is 6. The standard InChI is InChI=1S/C62H40N4/c1-3-15-41(16-4-1)63-59-31-29-43(65-55-23-11-7-19-45(55)46-20-8-12-24-56(46)65)35-53(59)51-33-39-27-28-40-34-52-54-36-44(66-57-25-13-9-21-47(57)48-22-10-14-26-58(48)66)30-32-60(54)64(42-17-5-2-6-18-42)62(52)38-50(40)49(39)37-61(51)63/h1-26,29-38H,27-28H2. The maximum absolute atomic E-state index is 2.51. The molecule has 1 aliphatic carbocycles. The van der Waals surface area contributed by atoms with Crippen molar-refractivity contribution in [3.05, 3.63) is 230 Å². The number of aryl methyl sites for hydroxylation is 2. The van der Waals surface area contributed by atoms with Gasteiger partial charge in [-0.05, 0) is 144 Å². The van der Waals surface area contributed by atoms with Crippen LogP contribution in [0.4, 0.5) is 0 Å². The summed E-state index contributed by atoms with van der Waals surface area (Å²) < 4.78 is 9.83. The Balaban J connectivity index is 0.972. The molecule has 4 heterocycles. The van der Waals surface area contributed by atoms with Gasteiger partial charge >= 0.3 is 0 Å². The second-order valence-electron chi connectivity index (χ2n) is 18.0. The zero-order valence-corrected chi connectivity index (χ0v) is 36.0. The van der Waals surface area contributed by atoms with Gasteiger partial charge in [0.15, 0.2) is 0 Å². The number of rotatable bonds is 4. The van der Waals surface area contributed by atoms with E-state index in [2.05, 4.69) is 237 Å². The normalized spacial score (nSPS) is 12.7. The summed E-state index contributed by atoms with van der Waals surface area (Å²) >= 11 is 0. The molecule has 0 spiro atoms. The average molecular weight is 841 g/mol. The van der Waals surface area contributed by atoms with Crippen LogP contribution in [0.1, 0.15) is 11.1 Å². The Morgan fingerprint density at radius 3 is 0.894 bits per heavy atom. The molecule has 0 radical (unpaired) electrons. The van der Waals surface area contributed by atoms with Gasteiger partial charge in [0.25, 0.3) is 0 Å². The minimum Gasteiger partial charge on any atom is -0.309 e. The van der Waals surface area contributed by atoms with E-state index in [4.69, 9.17) is 0 Å². The average Bonchev–Trinajstić information content (AvgIpc) is 4.10. The molecule has 4 nitrogen and oxygen atoms in total. The highest BCUT2D eigenvalue weighted by Gasteiger charge is 2.25. The van der Waals surface area contributed by atoms with Gasteiger partial charge in [-0.1, -0.05) is 109 Å². The molecule has 0 bridgehead atoms. The number of nitrogens with zero attached hydrogens (tertiary/aromatic N) is 4. The minimum absolute atomic E-state index is 0.984. The molecule has 0 N–H and O–H groups in total. The molecule has 0 unspecified atom stereocenters. The fourth-order valence-electron chi connectivity index (χ4n) is 11.8. The zero-order chi connectivity index (χ0) is 43.0. The number of hydrogen-bond donors (Lipinski definition) is 0. The Kier molecular flexibility index (Phi) is 7.30. The summed E-state index contributed by atoms with van der Waals surface area (Å²) in [6, 6.07) is 81.1. The lowest BCUT2D eigenvalue weighted by Gasteiger charge is -2.21. The molecular formula is C62H40N4. The minimum atomic E-state index is 0.984. The van der Waals surface area contributed by atoms with Crippen molar-refractivity contribution in [1.82, 2.24) is 18.3 Å². The number of hydrogen-bond acceptors (Lipinski definition) is 0. The third-order valence-corrected chi connectivity index (χ3v) is 14.6. The number of fused-ring (bicyclic) bond motifs is 15. The first-order chi connectivity index (χ1) is 32.7. The van der Waals surface area contributed by atoms with Crippen LogP contribution in [-0.4, -0.2) is 18.3 Å². The van der Waals surface area contributed by atoms with Crippen molar-refractivity contribution in [2.45, 2.75) is 12.8 Å². The molecule has 308 valence electrons. The van der Waals surface area contributed by atoms with Crippen LogP contribution < -0.4 is 0 Å². The van der Waals surface area contributed by atoms with E-state index in [1.54, 1.807) is 0 Å². The lowest BCUT2D eigenvalue weighted by molar-refractivity contribution is 0.946. The van der Waals surface area contributed by atoms with E-state index < -0.39 is 0 Å². The molecule has 0 saturated heterocycles. The molecule has 0 fully saturated rings. The van der Waals surface area contributed by atoms with Gasteiger partial charge in [0.1, 0.15) is 0 Å². The van der Waals surface area contributed by atoms with Crippen LogP contribution in [0.15, 0.2) is 218 Å². The molecule has 66 heavy (non-hydrogen) atoms. The summed E-state index contributed by atoms with van der Waals surface area (Å²) in [5.74, 6) is 0. The van der Waals surface area contributed by atoms with Gasteiger partial charge in [-0.2, -0.15) is 0 Å². The van der Waals surface area contributed by atoms with Crippen LogP contribution >= 0.6 is 0 Å². The molecule has 1 aliphatic rings. The molecule has 0 saturated carbocycles. The lowest BCUT2D eigenvalue weighted by atomic mass is 9.84. The van der Waals surface area contributed by atoms with Crippen molar-refractivity contribution in [1.29, 1.82) is 0 Å². The second kappa shape index (κ2) is 13.5. The summed E-state index contributed by atoms with van der Waals surface area (Å²) in [7, 11) is 0. The van der Waals surface area contributed by atoms with Crippen molar-refractivity contribution in [2.24, 2.45) is 0 Å². The molecule has 0 aliphatic heterocycles. The van der Waals surface area contributed by atoms with Crippen LogP contribution in [0.3, 0.4) is 0 Å². The van der Waals surface area contributed by atoms with E-state index in [-0.39, 0.29) is 0 Å². The third kappa shape index (κ3) is 4.93. The smallest absolute Gasteiger partial charge is 0.0547 e. The largest absolute Gasteiger partial charge is 0.309 e. The molecule has 0 atom stereocenters. The number of aromatic nitrogens is 4. The van der Waals surface area contributed by atoms with Gasteiger partial charge < -0.3 is 18.3 Å². The molecule has 14 aromatic rings. The third-order valence-electron chi connectivity index (χ3n) is 14.6. The molecule has 4 heteroatoms. The van der Waals surface area contributed by atoms with Crippen LogP contribution in [-0.2, 0) is 12.8 Å². The van der Waals surface area contributed by atoms with Crippen LogP contribution in [0.2, 0.25) is 0 Å². The van der Waals surface area contributed by atoms with E-state index in [0.29, 0.717) is 0 Å². The zero-order valence-electron chi connectivity index (χ0n) is 36.0. The Morgan fingerprint density at radius 2 is 0.515 bits per heavy atom. The topological polar surface area (TPSA) is 19.7 Å². The second-order valence-corrected chi connectivity index (χ2v) is 18.0. The van der Waals surface area contributed by atoms with E-state index in [9.17, 15) is 0 Å². The van der Waals surface area contributed by atoms with Crippen LogP contribution in [0.25, 0.3) is 121 Å². The van der Waals surface area contributed by atoms with Crippen LogP contribution in [0.5, 0.6) is 0 Å². The van der Waals surface area contributed by atoms with Gasteiger partial charge in [-0.15, -0.1) is 0 Å². The fraction of sp³-hybridized carbons (Fsp3) is 0.0323. The fourth-order valence-corrected chi connectivity index (χ4v) is 11.8. The van der Waals surface area contributed by atoms with Gasteiger partial charge in [0.05, 0.1) is 44.1 Å². The summed E-state index contributed by atoms with van der Waals surface area (Å²) in [6.07, 6.45) is 1.97. The lowest BCUT2D eigenvalue weighted by Crippen LogP contribution is -2.05. The summed E-state index contributed by atoms with van der Waals surface area (Å²) in [4.78, 5) is 0. The van der Waals surface area contributed by atoms with Crippen molar-refractivity contribution in [3.8, 4) is 33.9 Å². The van der Waals surface area contributed by atoms with Gasteiger partial charge in [-0.25, -0.2) is 0 Å². The van der Waals surface area contributed by atoms with Crippen molar-refractivity contribution in [3.63, 3.8) is 0 Å². The maximum Gasteiger partial charge on any atom is 0.0547 e. The van der Waals surface area contributed by atoms with Gasteiger partial charge in [-0.3, -0.25) is 0 Å². The summed E-state index contributed by atoms with van der Waals surface area (Å²) in [5, 5.41) is 10.2. The highest BCUT2D eigenvalue weighted by atomic mass is 15.0. The first-order valence-corrected chi connectivity index (χ1v) is 23.1. The van der Waals surface area contributed by atoms with E-state index >= 15 is 0 Å².